The summed E-state index contributed by atoms with van der Waals surface area (Å²) in [6.07, 6.45) is 1.05. The zero-order chi connectivity index (χ0) is 10.4. The molecule has 88 valence electrons. The summed E-state index contributed by atoms with van der Waals surface area (Å²) < 4.78 is 6.88. The molecule has 0 aliphatic carbocycles. The molecule has 0 saturated carbocycles. The van der Waals surface area contributed by atoms with Crippen LogP contribution < -0.4 is 5.32 Å². The minimum absolute atomic E-state index is 0. The minimum Gasteiger partial charge on any atom is -0.385 e. The van der Waals surface area contributed by atoms with Crippen molar-refractivity contribution in [2.45, 2.75) is 19.9 Å². The number of aromatic nitrogens is 2. The van der Waals surface area contributed by atoms with Crippen molar-refractivity contribution in [3.8, 4) is 0 Å². The number of halogens is 1. The highest BCUT2D eigenvalue weighted by molar-refractivity contribution is 5.85. The van der Waals surface area contributed by atoms with Gasteiger partial charge in [0.15, 0.2) is 0 Å². The average molecular weight is 234 g/mol. The molecule has 0 aliphatic rings. The average Bonchev–Trinajstić information content (AvgIpc) is 2.45. The highest BCUT2D eigenvalue weighted by atomic mass is 35.5. The van der Waals surface area contributed by atoms with E-state index in [2.05, 4.69) is 16.5 Å². The summed E-state index contributed by atoms with van der Waals surface area (Å²) >= 11 is 0. The molecule has 0 unspecified atom stereocenters. The zero-order valence-corrected chi connectivity index (χ0v) is 10.4. The summed E-state index contributed by atoms with van der Waals surface area (Å²) in [7, 11) is 3.70. The van der Waals surface area contributed by atoms with Gasteiger partial charge in [-0.15, -0.1) is 12.4 Å². The normalized spacial score (nSPS) is 10.1. The van der Waals surface area contributed by atoms with Gasteiger partial charge in [-0.2, -0.15) is 5.10 Å². The molecule has 0 fully saturated rings. The van der Waals surface area contributed by atoms with Crippen molar-refractivity contribution in [1.82, 2.24) is 15.1 Å². The van der Waals surface area contributed by atoms with E-state index >= 15 is 0 Å². The maximum absolute atomic E-state index is 4.96. The van der Waals surface area contributed by atoms with E-state index in [4.69, 9.17) is 4.74 Å². The van der Waals surface area contributed by atoms with Crippen molar-refractivity contribution < 1.29 is 4.74 Å². The van der Waals surface area contributed by atoms with Crippen LogP contribution in [0.25, 0.3) is 0 Å². The van der Waals surface area contributed by atoms with Crippen LogP contribution in [0.2, 0.25) is 0 Å². The number of rotatable bonds is 6. The molecule has 0 amide bonds. The number of nitrogens with zero attached hydrogens (tertiary/aromatic N) is 2. The van der Waals surface area contributed by atoms with E-state index < -0.39 is 0 Å². The van der Waals surface area contributed by atoms with Gasteiger partial charge in [0.05, 0.1) is 11.4 Å². The zero-order valence-electron chi connectivity index (χ0n) is 9.62. The lowest BCUT2D eigenvalue weighted by Crippen LogP contribution is -2.18. The fourth-order valence-electron chi connectivity index (χ4n) is 1.39. The highest BCUT2D eigenvalue weighted by Gasteiger charge is 2.00. The number of nitrogens with one attached hydrogen (secondary N) is 1. The molecular weight excluding hydrogens is 214 g/mol. The maximum atomic E-state index is 4.96. The Morgan fingerprint density at radius 1 is 1.53 bits per heavy atom. The van der Waals surface area contributed by atoms with Crippen LogP contribution in [0.5, 0.6) is 0 Å². The van der Waals surface area contributed by atoms with Crippen LogP contribution >= 0.6 is 12.4 Å². The summed E-state index contributed by atoms with van der Waals surface area (Å²) in [6, 6.07) is 2.10. The van der Waals surface area contributed by atoms with E-state index in [1.54, 1.807) is 7.11 Å². The third kappa shape index (κ3) is 5.16. The largest absolute Gasteiger partial charge is 0.385 e. The Kier molecular flexibility index (Phi) is 7.38. The molecule has 0 radical (unpaired) electrons. The van der Waals surface area contributed by atoms with Gasteiger partial charge < -0.3 is 10.1 Å². The molecule has 0 bridgehead atoms. The predicted octanol–water partition coefficient (Wildman–Crippen LogP) is 1.28. The Labute approximate surface area is 97.4 Å². The summed E-state index contributed by atoms with van der Waals surface area (Å²) in [6.45, 7) is 4.69. The molecule has 1 aromatic heterocycles. The van der Waals surface area contributed by atoms with Crippen molar-refractivity contribution in [1.29, 1.82) is 0 Å². The van der Waals surface area contributed by atoms with Crippen LogP contribution in [0, 0.1) is 6.92 Å². The van der Waals surface area contributed by atoms with Crippen molar-refractivity contribution >= 4 is 12.4 Å². The highest BCUT2D eigenvalue weighted by Crippen LogP contribution is 2.00. The number of aryl methyl sites for hydroxylation is 2. The molecule has 0 saturated heterocycles. The summed E-state index contributed by atoms with van der Waals surface area (Å²) in [4.78, 5) is 0. The van der Waals surface area contributed by atoms with E-state index in [9.17, 15) is 0 Å². The van der Waals surface area contributed by atoms with Crippen LogP contribution in [0.4, 0.5) is 0 Å². The Hall–Kier alpha value is -0.580. The quantitative estimate of drug-likeness (QED) is 0.753. The molecule has 0 aliphatic heterocycles. The fourth-order valence-corrected chi connectivity index (χ4v) is 1.39. The van der Waals surface area contributed by atoms with Crippen molar-refractivity contribution in [3.63, 3.8) is 0 Å². The summed E-state index contributed by atoms with van der Waals surface area (Å²) in [5, 5.41) is 7.63. The van der Waals surface area contributed by atoms with Gasteiger partial charge >= 0.3 is 0 Å². The Morgan fingerprint density at radius 3 is 2.80 bits per heavy atom. The smallest absolute Gasteiger partial charge is 0.0597 e. The lowest BCUT2D eigenvalue weighted by atomic mass is 10.3. The lowest BCUT2D eigenvalue weighted by molar-refractivity contribution is 0.194. The van der Waals surface area contributed by atoms with Gasteiger partial charge in [0.25, 0.3) is 0 Å². The molecule has 5 heteroatoms. The third-order valence-corrected chi connectivity index (χ3v) is 2.11. The van der Waals surface area contributed by atoms with Crippen molar-refractivity contribution in [2.24, 2.45) is 7.05 Å². The standard InChI is InChI=1S/C10H19N3O.ClH/c1-9-7-10(13(2)12-9)8-11-5-4-6-14-3;/h7,11H,4-6,8H2,1-3H3;1H. The molecule has 0 aromatic carbocycles. The second-order valence-corrected chi connectivity index (χ2v) is 3.42. The van der Waals surface area contributed by atoms with E-state index in [1.165, 1.54) is 5.69 Å². The first kappa shape index (κ1) is 14.4. The van der Waals surface area contributed by atoms with E-state index in [-0.39, 0.29) is 12.4 Å². The van der Waals surface area contributed by atoms with Gasteiger partial charge in [-0.3, -0.25) is 4.68 Å². The van der Waals surface area contributed by atoms with Crippen LogP contribution in [0.3, 0.4) is 0 Å². The van der Waals surface area contributed by atoms with Crippen LogP contribution in [0.1, 0.15) is 17.8 Å². The van der Waals surface area contributed by atoms with Gasteiger partial charge in [-0.05, 0) is 26.0 Å². The van der Waals surface area contributed by atoms with E-state index in [0.717, 1.165) is 31.8 Å². The first-order valence-electron chi connectivity index (χ1n) is 4.93. The second-order valence-electron chi connectivity index (χ2n) is 3.42. The predicted molar refractivity (Wildman–Crippen MR) is 63.4 cm³/mol. The maximum Gasteiger partial charge on any atom is 0.0597 e. The number of hydrogen-bond donors (Lipinski definition) is 1. The van der Waals surface area contributed by atoms with Crippen molar-refractivity contribution in [3.05, 3.63) is 17.5 Å². The molecule has 15 heavy (non-hydrogen) atoms. The molecule has 0 atom stereocenters. The third-order valence-electron chi connectivity index (χ3n) is 2.11. The SMILES string of the molecule is COCCCNCc1cc(C)nn1C.Cl. The summed E-state index contributed by atoms with van der Waals surface area (Å²) in [5.74, 6) is 0. The number of ether oxygens (including phenoxy) is 1. The van der Waals surface area contributed by atoms with Gasteiger partial charge in [0.1, 0.15) is 0 Å². The Bertz CT molecular complexity index is 276. The number of hydrogen-bond acceptors (Lipinski definition) is 3. The molecule has 1 rings (SSSR count). The first-order valence-corrected chi connectivity index (χ1v) is 4.93. The lowest BCUT2D eigenvalue weighted by Gasteiger charge is -2.04. The van der Waals surface area contributed by atoms with Crippen LogP contribution in [-0.2, 0) is 18.3 Å². The molecule has 4 nitrogen and oxygen atoms in total. The second kappa shape index (κ2) is 7.68. The van der Waals surface area contributed by atoms with E-state index in [1.807, 2.05) is 18.7 Å². The van der Waals surface area contributed by atoms with Gasteiger partial charge in [-0.1, -0.05) is 0 Å². The minimum atomic E-state index is 0. The molecule has 1 heterocycles. The monoisotopic (exact) mass is 233 g/mol. The van der Waals surface area contributed by atoms with Crippen molar-refractivity contribution in [2.75, 3.05) is 20.3 Å². The van der Waals surface area contributed by atoms with Gasteiger partial charge in [0.2, 0.25) is 0 Å². The van der Waals surface area contributed by atoms with Gasteiger partial charge in [0, 0.05) is 27.3 Å². The number of methoxy groups -OCH3 is 1. The van der Waals surface area contributed by atoms with Crippen LogP contribution in [-0.4, -0.2) is 30.0 Å². The molecule has 0 spiro atoms. The molecule has 1 N–H and O–H groups in total. The van der Waals surface area contributed by atoms with Gasteiger partial charge in [-0.25, -0.2) is 0 Å². The Morgan fingerprint density at radius 2 is 2.27 bits per heavy atom. The molecular formula is C10H20ClN3O. The van der Waals surface area contributed by atoms with E-state index in [0.29, 0.717) is 0 Å². The van der Waals surface area contributed by atoms with Crippen LogP contribution in [0.15, 0.2) is 6.07 Å². The topological polar surface area (TPSA) is 39.1 Å². The summed E-state index contributed by atoms with van der Waals surface area (Å²) in [5.41, 5.74) is 2.29. The first-order chi connectivity index (χ1) is 6.74. The Balaban J connectivity index is 0.00000196. The fraction of sp³-hybridized carbons (Fsp3) is 0.700. The molecule has 1 aromatic rings.